The Bertz CT molecular complexity index is 536. The van der Waals surface area contributed by atoms with Crippen molar-refractivity contribution in [1.82, 2.24) is 10.2 Å². The third-order valence-electron chi connectivity index (χ3n) is 5.23. The summed E-state index contributed by atoms with van der Waals surface area (Å²) in [5.41, 5.74) is 1.40. The van der Waals surface area contributed by atoms with Crippen LogP contribution in [0.1, 0.15) is 45.1 Å². The summed E-state index contributed by atoms with van der Waals surface area (Å²) in [6.07, 6.45) is 3.82. The predicted molar refractivity (Wildman–Crippen MR) is 95.6 cm³/mol. The first-order valence-electron chi connectivity index (χ1n) is 9.24. The minimum atomic E-state index is 0.0238. The van der Waals surface area contributed by atoms with E-state index in [4.69, 9.17) is 4.74 Å². The van der Waals surface area contributed by atoms with Gasteiger partial charge in [-0.1, -0.05) is 30.3 Å². The SMILES string of the molecule is CC(C)NC(=O)C[C@H]1COC2(CCN(Cc3ccccc3)CC2)C1. The number of ether oxygens (including phenoxy) is 1. The number of nitrogens with zero attached hydrogens (tertiary/aromatic N) is 1. The first-order valence-corrected chi connectivity index (χ1v) is 9.24. The molecule has 132 valence electrons. The van der Waals surface area contributed by atoms with E-state index in [2.05, 4.69) is 40.5 Å². The molecular weight excluding hydrogens is 300 g/mol. The predicted octanol–water partition coefficient (Wildman–Crippen LogP) is 2.97. The molecule has 0 radical (unpaired) electrons. The lowest BCUT2D eigenvalue weighted by atomic mass is 9.84. The summed E-state index contributed by atoms with van der Waals surface area (Å²) in [7, 11) is 0. The van der Waals surface area contributed by atoms with Crippen molar-refractivity contribution in [2.45, 2.75) is 57.7 Å². The van der Waals surface area contributed by atoms with Gasteiger partial charge in [0.1, 0.15) is 0 Å². The number of nitrogens with one attached hydrogen (secondary N) is 1. The molecule has 0 unspecified atom stereocenters. The number of likely N-dealkylation sites (tertiary alicyclic amines) is 1. The molecule has 0 aliphatic carbocycles. The van der Waals surface area contributed by atoms with E-state index < -0.39 is 0 Å². The molecule has 24 heavy (non-hydrogen) atoms. The molecule has 4 heteroatoms. The molecule has 1 aromatic carbocycles. The highest BCUT2D eigenvalue weighted by Gasteiger charge is 2.42. The highest BCUT2D eigenvalue weighted by molar-refractivity contribution is 5.76. The summed E-state index contributed by atoms with van der Waals surface area (Å²) < 4.78 is 6.19. The van der Waals surface area contributed by atoms with Gasteiger partial charge < -0.3 is 10.1 Å². The van der Waals surface area contributed by atoms with Gasteiger partial charge in [-0.25, -0.2) is 0 Å². The van der Waals surface area contributed by atoms with Crippen molar-refractivity contribution in [1.29, 1.82) is 0 Å². The molecule has 1 aromatic rings. The van der Waals surface area contributed by atoms with Crippen LogP contribution in [0.4, 0.5) is 0 Å². The van der Waals surface area contributed by atoms with Gasteiger partial charge >= 0.3 is 0 Å². The molecule has 2 aliphatic heterocycles. The van der Waals surface area contributed by atoms with Crippen molar-refractivity contribution in [3.05, 3.63) is 35.9 Å². The van der Waals surface area contributed by atoms with Crippen LogP contribution in [-0.2, 0) is 16.1 Å². The number of benzene rings is 1. The van der Waals surface area contributed by atoms with Crippen molar-refractivity contribution in [3.8, 4) is 0 Å². The summed E-state index contributed by atoms with van der Waals surface area (Å²) in [6, 6.07) is 10.9. The fraction of sp³-hybridized carbons (Fsp3) is 0.650. The number of hydrogen-bond donors (Lipinski definition) is 1. The van der Waals surface area contributed by atoms with E-state index >= 15 is 0 Å². The largest absolute Gasteiger partial charge is 0.375 e. The van der Waals surface area contributed by atoms with Crippen molar-refractivity contribution in [2.75, 3.05) is 19.7 Å². The van der Waals surface area contributed by atoms with E-state index in [0.717, 1.165) is 45.5 Å². The summed E-state index contributed by atoms with van der Waals surface area (Å²) in [5.74, 6) is 0.543. The van der Waals surface area contributed by atoms with Crippen molar-refractivity contribution in [3.63, 3.8) is 0 Å². The lowest BCUT2D eigenvalue weighted by molar-refractivity contribution is -0.122. The van der Waals surface area contributed by atoms with E-state index in [0.29, 0.717) is 12.3 Å². The van der Waals surface area contributed by atoms with Gasteiger partial charge in [-0.05, 0) is 44.6 Å². The summed E-state index contributed by atoms with van der Waals surface area (Å²) in [6.45, 7) is 7.95. The number of rotatable bonds is 5. The Hall–Kier alpha value is -1.39. The zero-order chi connectivity index (χ0) is 17.0. The molecule has 1 amide bonds. The van der Waals surface area contributed by atoms with Gasteiger partial charge in [0.25, 0.3) is 0 Å². The van der Waals surface area contributed by atoms with Gasteiger partial charge in [0.15, 0.2) is 0 Å². The molecule has 1 atom stereocenters. The lowest BCUT2D eigenvalue weighted by Gasteiger charge is -2.38. The molecule has 2 saturated heterocycles. The number of hydrogen-bond acceptors (Lipinski definition) is 3. The highest BCUT2D eigenvalue weighted by atomic mass is 16.5. The Morgan fingerprint density at radius 3 is 2.67 bits per heavy atom. The minimum absolute atomic E-state index is 0.0238. The number of carbonyl (C=O) groups excluding carboxylic acids is 1. The van der Waals surface area contributed by atoms with Gasteiger partial charge in [0, 0.05) is 32.1 Å². The van der Waals surface area contributed by atoms with Crippen LogP contribution < -0.4 is 5.32 Å². The fourth-order valence-corrected chi connectivity index (χ4v) is 4.02. The Balaban J connectivity index is 1.45. The van der Waals surface area contributed by atoms with Crippen LogP contribution in [0.2, 0.25) is 0 Å². The standard InChI is InChI=1S/C20H30N2O2/c1-16(2)21-19(23)12-18-13-20(24-15-18)8-10-22(11-9-20)14-17-6-4-3-5-7-17/h3-7,16,18H,8-15H2,1-2H3,(H,21,23)/t18-/m1/s1. The van der Waals surface area contributed by atoms with Crippen LogP contribution in [0.5, 0.6) is 0 Å². The maximum Gasteiger partial charge on any atom is 0.220 e. The molecule has 2 aliphatic rings. The van der Waals surface area contributed by atoms with Crippen molar-refractivity contribution in [2.24, 2.45) is 5.92 Å². The maximum atomic E-state index is 12.0. The van der Waals surface area contributed by atoms with Crippen molar-refractivity contribution < 1.29 is 9.53 Å². The monoisotopic (exact) mass is 330 g/mol. The smallest absolute Gasteiger partial charge is 0.220 e. The molecule has 2 heterocycles. The fourth-order valence-electron chi connectivity index (χ4n) is 4.02. The van der Waals surface area contributed by atoms with Gasteiger partial charge in [-0.2, -0.15) is 0 Å². The molecule has 3 rings (SSSR count). The summed E-state index contributed by atoms with van der Waals surface area (Å²) in [5, 5.41) is 2.99. The van der Waals surface area contributed by atoms with Crippen LogP contribution >= 0.6 is 0 Å². The molecule has 1 spiro atoms. The summed E-state index contributed by atoms with van der Waals surface area (Å²) in [4.78, 5) is 14.5. The third-order valence-corrected chi connectivity index (χ3v) is 5.23. The Labute approximate surface area is 145 Å². The van der Waals surface area contributed by atoms with Crippen LogP contribution in [0.25, 0.3) is 0 Å². The average Bonchev–Trinajstić information content (AvgIpc) is 2.92. The first-order chi connectivity index (χ1) is 11.5. The zero-order valence-corrected chi connectivity index (χ0v) is 15.0. The third kappa shape index (κ3) is 4.58. The van der Waals surface area contributed by atoms with Crippen LogP contribution in [0, 0.1) is 5.92 Å². The highest BCUT2D eigenvalue weighted by Crippen LogP contribution is 2.39. The topological polar surface area (TPSA) is 41.6 Å². The second kappa shape index (κ2) is 7.66. The molecule has 0 saturated carbocycles. The molecule has 4 nitrogen and oxygen atoms in total. The van der Waals surface area contributed by atoms with Gasteiger partial charge in [-0.15, -0.1) is 0 Å². The van der Waals surface area contributed by atoms with E-state index in [1.807, 2.05) is 13.8 Å². The first kappa shape index (κ1) is 17.4. The van der Waals surface area contributed by atoms with Crippen LogP contribution in [0.15, 0.2) is 30.3 Å². The van der Waals surface area contributed by atoms with Gasteiger partial charge in [0.2, 0.25) is 5.91 Å². The Kier molecular flexibility index (Phi) is 5.57. The number of amides is 1. The van der Waals surface area contributed by atoms with E-state index in [1.54, 1.807) is 0 Å². The quantitative estimate of drug-likeness (QED) is 0.902. The van der Waals surface area contributed by atoms with E-state index in [1.165, 1.54) is 5.56 Å². The van der Waals surface area contributed by atoms with Gasteiger partial charge in [0.05, 0.1) is 12.2 Å². The van der Waals surface area contributed by atoms with E-state index in [-0.39, 0.29) is 17.6 Å². The molecular formula is C20H30N2O2. The average molecular weight is 330 g/mol. The number of carbonyl (C=O) groups is 1. The molecule has 0 aromatic heterocycles. The van der Waals surface area contributed by atoms with Crippen LogP contribution in [-0.4, -0.2) is 42.1 Å². The van der Waals surface area contributed by atoms with Crippen molar-refractivity contribution >= 4 is 5.91 Å². The summed E-state index contributed by atoms with van der Waals surface area (Å²) >= 11 is 0. The van der Waals surface area contributed by atoms with E-state index in [9.17, 15) is 4.79 Å². The second-order valence-corrected chi connectivity index (χ2v) is 7.75. The molecule has 2 fully saturated rings. The lowest BCUT2D eigenvalue weighted by Crippen LogP contribution is -2.43. The van der Waals surface area contributed by atoms with Crippen LogP contribution in [0.3, 0.4) is 0 Å². The maximum absolute atomic E-state index is 12.0. The molecule has 1 N–H and O–H groups in total. The number of piperidine rings is 1. The minimum Gasteiger partial charge on any atom is -0.375 e. The Morgan fingerprint density at radius 1 is 1.29 bits per heavy atom. The Morgan fingerprint density at radius 2 is 2.00 bits per heavy atom. The zero-order valence-electron chi connectivity index (χ0n) is 15.0. The molecule has 0 bridgehead atoms. The normalized spacial score (nSPS) is 23.7. The van der Waals surface area contributed by atoms with Gasteiger partial charge in [-0.3, -0.25) is 9.69 Å². The second-order valence-electron chi connectivity index (χ2n) is 7.75.